The number of methoxy groups -OCH3 is 1. The number of aryl methyl sites for hydroxylation is 1. The number of nitrogens with zero attached hydrogens (tertiary/aromatic N) is 2. The first-order valence-corrected chi connectivity index (χ1v) is 11.2. The Hall–Kier alpha value is -2.39. The molecule has 1 aliphatic rings. The number of carbonyl (C=O) groups excluding carboxylic acids is 2. The summed E-state index contributed by atoms with van der Waals surface area (Å²) in [5.74, 6) is 4.90. The number of unbranched alkanes of at least 4 members (excludes halogenated alkanes) is 8. The molecule has 2 rings (SSSR count). The first-order chi connectivity index (χ1) is 14.5. The zero-order valence-corrected chi connectivity index (χ0v) is 18.4. The normalized spacial score (nSPS) is 14.1. The molecule has 2 amide bonds. The number of imide groups is 1. The molecule has 1 fully saturated rings. The molecule has 6 nitrogen and oxygen atoms in total. The number of amides is 2. The lowest BCUT2D eigenvalue weighted by Gasteiger charge is -2.19. The molecule has 6 heteroatoms. The zero-order chi connectivity index (χ0) is 22.0. The number of nitriles is 1. The number of ether oxygens (including phenoxy) is 1. The molecule has 0 atom stereocenters. The van der Waals surface area contributed by atoms with Crippen molar-refractivity contribution in [2.45, 2.75) is 84.0 Å². The molecule has 0 aliphatic heterocycles. The zero-order valence-electron chi connectivity index (χ0n) is 18.4. The summed E-state index contributed by atoms with van der Waals surface area (Å²) in [5, 5.41) is 9.78. The predicted molar refractivity (Wildman–Crippen MR) is 117 cm³/mol. The smallest absolute Gasteiger partial charge is 0.278 e. The maximum Gasteiger partial charge on any atom is 0.278 e. The SMILES string of the molecule is CCCCCCCCCCCc1ccc(OC)c(C(=O)N(N)C(=O)C2(C#N)CC2)c1. The molecule has 0 bridgehead atoms. The van der Waals surface area contributed by atoms with Crippen molar-refractivity contribution in [3.63, 3.8) is 0 Å². The first-order valence-electron chi connectivity index (χ1n) is 11.2. The molecule has 0 aromatic heterocycles. The Labute approximate surface area is 180 Å². The van der Waals surface area contributed by atoms with Crippen LogP contribution >= 0.6 is 0 Å². The summed E-state index contributed by atoms with van der Waals surface area (Å²) in [7, 11) is 1.48. The van der Waals surface area contributed by atoms with E-state index in [4.69, 9.17) is 10.6 Å². The molecule has 1 aromatic carbocycles. The molecule has 2 N–H and O–H groups in total. The average Bonchev–Trinajstić information content (AvgIpc) is 3.57. The van der Waals surface area contributed by atoms with E-state index in [0.717, 1.165) is 24.8 Å². The molecule has 0 radical (unpaired) electrons. The Balaban J connectivity index is 1.88. The number of hydrazine groups is 1. The molecule has 0 saturated heterocycles. The molecule has 1 aliphatic carbocycles. The van der Waals surface area contributed by atoms with Crippen LogP contribution in [0.3, 0.4) is 0 Å². The minimum atomic E-state index is -1.13. The maximum atomic E-state index is 12.8. The number of benzene rings is 1. The van der Waals surface area contributed by atoms with Crippen LogP contribution in [0.1, 0.15) is 93.5 Å². The highest BCUT2D eigenvalue weighted by atomic mass is 16.5. The molecule has 0 unspecified atom stereocenters. The van der Waals surface area contributed by atoms with Gasteiger partial charge in [-0.2, -0.15) is 5.26 Å². The fourth-order valence-electron chi connectivity index (χ4n) is 3.67. The molecule has 1 saturated carbocycles. The van der Waals surface area contributed by atoms with Crippen LogP contribution in [0.5, 0.6) is 5.75 Å². The van der Waals surface area contributed by atoms with Crippen LogP contribution in [-0.2, 0) is 11.2 Å². The first kappa shape index (κ1) is 23.9. The molecule has 1 aromatic rings. The van der Waals surface area contributed by atoms with Crippen molar-refractivity contribution in [3.05, 3.63) is 29.3 Å². The van der Waals surface area contributed by atoms with Crippen molar-refractivity contribution in [1.82, 2.24) is 5.01 Å². The van der Waals surface area contributed by atoms with Gasteiger partial charge in [0.2, 0.25) is 0 Å². The fraction of sp³-hybridized carbons (Fsp3) is 0.625. The van der Waals surface area contributed by atoms with E-state index >= 15 is 0 Å². The third-order valence-electron chi connectivity index (χ3n) is 5.87. The Kier molecular flexibility index (Phi) is 9.32. The van der Waals surface area contributed by atoms with Gasteiger partial charge in [0.25, 0.3) is 11.8 Å². The van der Waals surface area contributed by atoms with E-state index in [1.165, 1.54) is 52.1 Å². The number of carbonyl (C=O) groups is 2. The maximum absolute atomic E-state index is 12.8. The van der Waals surface area contributed by atoms with Crippen molar-refractivity contribution < 1.29 is 14.3 Å². The van der Waals surface area contributed by atoms with Gasteiger partial charge in [0, 0.05) is 0 Å². The molecule has 30 heavy (non-hydrogen) atoms. The fourth-order valence-corrected chi connectivity index (χ4v) is 3.67. The van der Waals surface area contributed by atoms with Crippen molar-refractivity contribution in [2.75, 3.05) is 7.11 Å². The van der Waals surface area contributed by atoms with Crippen LogP contribution in [0, 0.1) is 16.7 Å². The summed E-state index contributed by atoms with van der Waals surface area (Å²) < 4.78 is 5.30. The highest BCUT2D eigenvalue weighted by Crippen LogP contribution is 2.46. The summed E-state index contributed by atoms with van der Waals surface area (Å²) in [5.41, 5.74) is 0.145. The summed E-state index contributed by atoms with van der Waals surface area (Å²) >= 11 is 0. The summed E-state index contributed by atoms with van der Waals surface area (Å²) in [6, 6.07) is 7.43. The molecular weight excluding hydrogens is 378 g/mol. The second kappa shape index (κ2) is 11.7. The minimum Gasteiger partial charge on any atom is -0.496 e. The largest absolute Gasteiger partial charge is 0.496 e. The quantitative estimate of drug-likeness (QED) is 0.163. The number of hydrogen-bond donors (Lipinski definition) is 1. The van der Waals surface area contributed by atoms with Gasteiger partial charge in [-0.15, -0.1) is 0 Å². The third kappa shape index (κ3) is 6.30. The van der Waals surface area contributed by atoms with Gasteiger partial charge in [-0.25, -0.2) is 10.9 Å². The van der Waals surface area contributed by atoms with Gasteiger partial charge < -0.3 is 4.74 Å². The topological polar surface area (TPSA) is 96.4 Å². The summed E-state index contributed by atoms with van der Waals surface area (Å²) in [6.07, 6.45) is 13.1. The monoisotopic (exact) mass is 413 g/mol. The van der Waals surface area contributed by atoms with Gasteiger partial charge in [-0.3, -0.25) is 9.59 Å². The Bertz CT molecular complexity index is 765. The van der Waals surface area contributed by atoms with Gasteiger partial charge in [-0.1, -0.05) is 64.4 Å². The van der Waals surface area contributed by atoms with Crippen LogP contribution in [0.2, 0.25) is 0 Å². The second-order valence-electron chi connectivity index (χ2n) is 8.29. The summed E-state index contributed by atoms with van der Waals surface area (Å²) in [4.78, 5) is 25.3. The van der Waals surface area contributed by atoms with Crippen LogP contribution in [-0.4, -0.2) is 23.9 Å². The molecule has 164 valence electrons. The van der Waals surface area contributed by atoms with Crippen LogP contribution in [0.4, 0.5) is 0 Å². The average molecular weight is 414 g/mol. The highest BCUT2D eigenvalue weighted by Gasteiger charge is 2.53. The Morgan fingerprint density at radius 2 is 1.70 bits per heavy atom. The van der Waals surface area contributed by atoms with E-state index in [0.29, 0.717) is 23.6 Å². The second-order valence-corrected chi connectivity index (χ2v) is 8.29. The van der Waals surface area contributed by atoms with Gasteiger partial charge in [-0.05, 0) is 43.4 Å². The lowest BCUT2D eigenvalue weighted by Crippen LogP contribution is -2.46. The highest BCUT2D eigenvalue weighted by molar-refractivity contribution is 6.08. The molecule has 0 heterocycles. The van der Waals surface area contributed by atoms with E-state index in [-0.39, 0.29) is 5.56 Å². The number of hydrogen-bond acceptors (Lipinski definition) is 5. The third-order valence-corrected chi connectivity index (χ3v) is 5.87. The standard InChI is InChI=1S/C24H35N3O3/c1-3-4-5-6-7-8-9-10-11-12-19-13-14-21(30-2)20(17-19)22(28)27(26)23(29)24(18-25)15-16-24/h13-14,17H,3-12,15-16,26H2,1-2H3. The van der Waals surface area contributed by atoms with Gasteiger partial charge in [0.05, 0.1) is 18.7 Å². The summed E-state index contributed by atoms with van der Waals surface area (Å²) in [6.45, 7) is 2.23. The van der Waals surface area contributed by atoms with Gasteiger partial charge >= 0.3 is 0 Å². The van der Waals surface area contributed by atoms with E-state index in [9.17, 15) is 14.9 Å². The minimum absolute atomic E-state index is 0.260. The van der Waals surface area contributed by atoms with Gasteiger partial charge in [0.15, 0.2) is 0 Å². The van der Waals surface area contributed by atoms with Crippen LogP contribution in [0.15, 0.2) is 18.2 Å². The van der Waals surface area contributed by atoms with Gasteiger partial charge in [0.1, 0.15) is 11.2 Å². The number of nitrogens with two attached hydrogens (primary N) is 1. The van der Waals surface area contributed by atoms with E-state index < -0.39 is 17.2 Å². The molecule has 0 spiro atoms. The predicted octanol–water partition coefficient (Wildman–Crippen LogP) is 4.91. The Morgan fingerprint density at radius 3 is 2.23 bits per heavy atom. The lowest BCUT2D eigenvalue weighted by atomic mass is 10.0. The van der Waals surface area contributed by atoms with Crippen molar-refractivity contribution in [2.24, 2.45) is 11.3 Å². The number of rotatable bonds is 13. The van der Waals surface area contributed by atoms with Crippen molar-refractivity contribution in [1.29, 1.82) is 5.26 Å². The van der Waals surface area contributed by atoms with Crippen LogP contribution < -0.4 is 10.6 Å². The Morgan fingerprint density at radius 1 is 1.10 bits per heavy atom. The van der Waals surface area contributed by atoms with Crippen LogP contribution in [0.25, 0.3) is 0 Å². The van der Waals surface area contributed by atoms with E-state index in [1.807, 2.05) is 12.1 Å². The van der Waals surface area contributed by atoms with Crippen molar-refractivity contribution in [3.8, 4) is 11.8 Å². The lowest BCUT2D eigenvalue weighted by molar-refractivity contribution is -0.132. The van der Waals surface area contributed by atoms with E-state index in [2.05, 4.69) is 6.92 Å². The van der Waals surface area contributed by atoms with Crippen molar-refractivity contribution >= 4 is 11.8 Å². The van der Waals surface area contributed by atoms with E-state index in [1.54, 1.807) is 12.1 Å². The molecular formula is C24H35N3O3.